The van der Waals surface area contributed by atoms with Crippen molar-refractivity contribution in [2.24, 2.45) is 0 Å². The van der Waals surface area contributed by atoms with E-state index in [1.165, 1.54) is 6.07 Å². The largest absolute Gasteiger partial charge is 0.370 e. The zero-order chi connectivity index (χ0) is 16.0. The Morgan fingerprint density at radius 2 is 2.00 bits per heavy atom. The number of amides is 1. The molecule has 2 N–H and O–H groups in total. The third-order valence-electron chi connectivity index (χ3n) is 3.65. The number of pyridine rings is 1. The number of hydrogen-bond donors (Lipinski definition) is 2. The van der Waals surface area contributed by atoms with Gasteiger partial charge in [-0.25, -0.2) is 4.98 Å². The maximum Gasteiger partial charge on any atom is 0.288 e. The minimum Gasteiger partial charge on any atom is -0.370 e. The van der Waals surface area contributed by atoms with Crippen LogP contribution in [-0.4, -0.2) is 27.9 Å². The molecule has 0 atom stereocenters. The third kappa shape index (κ3) is 4.14. The number of carbonyl (C=O) groups excluding carboxylic acids is 1. The Labute approximate surface area is 124 Å². The van der Waals surface area contributed by atoms with Crippen molar-refractivity contribution < 1.29 is 9.72 Å². The summed E-state index contributed by atoms with van der Waals surface area (Å²) >= 11 is 0. The van der Waals surface area contributed by atoms with E-state index in [1.54, 1.807) is 0 Å². The Kier molecular flexibility index (Phi) is 5.63. The molecule has 0 aliphatic carbocycles. The average molecular weight is 294 g/mol. The van der Waals surface area contributed by atoms with E-state index in [1.807, 2.05) is 27.7 Å². The molecule has 0 bridgehead atoms. The first kappa shape index (κ1) is 16.9. The van der Waals surface area contributed by atoms with E-state index in [2.05, 4.69) is 15.6 Å². The van der Waals surface area contributed by atoms with Gasteiger partial charge in [0.15, 0.2) is 0 Å². The molecule has 1 rings (SSSR count). The second-order valence-corrected chi connectivity index (χ2v) is 5.10. The summed E-state index contributed by atoms with van der Waals surface area (Å²) in [7, 11) is 0. The van der Waals surface area contributed by atoms with E-state index in [9.17, 15) is 14.9 Å². The molecule has 1 heterocycles. The van der Waals surface area contributed by atoms with Gasteiger partial charge in [-0.05, 0) is 26.7 Å². The molecule has 0 saturated heterocycles. The SMILES string of the molecule is CCNc1ncc([N+](=O)[O-])cc1C(=O)NC(C)(CC)CC. The molecule has 0 unspecified atom stereocenters. The van der Waals surface area contributed by atoms with Crippen LogP contribution in [0.3, 0.4) is 0 Å². The van der Waals surface area contributed by atoms with Crippen molar-refractivity contribution in [3.05, 3.63) is 27.9 Å². The van der Waals surface area contributed by atoms with Crippen LogP contribution < -0.4 is 10.6 Å². The Morgan fingerprint density at radius 3 is 2.48 bits per heavy atom. The fourth-order valence-corrected chi connectivity index (χ4v) is 1.80. The standard InChI is InChI=1S/C14H22N4O3/c1-5-14(4,6-2)17-13(19)11-8-10(18(20)21)9-16-12(11)15-7-3/h8-9H,5-7H2,1-4H3,(H,15,16)(H,17,19). The summed E-state index contributed by atoms with van der Waals surface area (Å²) in [5.74, 6) is 0.00325. The lowest BCUT2D eigenvalue weighted by Gasteiger charge is -2.28. The van der Waals surface area contributed by atoms with Gasteiger partial charge < -0.3 is 10.6 Å². The van der Waals surface area contributed by atoms with Crippen molar-refractivity contribution in [3.63, 3.8) is 0 Å². The van der Waals surface area contributed by atoms with Gasteiger partial charge >= 0.3 is 0 Å². The van der Waals surface area contributed by atoms with Crippen molar-refractivity contribution in [1.29, 1.82) is 0 Å². The van der Waals surface area contributed by atoms with E-state index >= 15 is 0 Å². The Balaban J connectivity index is 3.15. The van der Waals surface area contributed by atoms with Crippen LogP contribution in [0.1, 0.15) is 50.9 Å². The summed E-state index contributed by atoms with van der Waals surface area (Å²) in [4.78, 5) is 26.7. The minimum atomic E-state index is -0.557. The first-order valence-electron chi connectivity index (χ1n) is 7.07. The van der Waals surface area contributed by atoms with Gasteiger partial charge in [0, 0.05) is 18.2 Å². The van der Waals surface area contributed by atoms with Crippen LogP contribution in [0.5, 0.6) is 0 Å². The molecule has 7 heteroatoms. The van der Waals surface area contributed by atoms with Crippen LogP contribution in [0.15, 0.2) is 12.3 Å². The number of hydrogen-bond acceptors (Lipinski definition) is 5. The zero-order valence-electron chi connectivity index (χ0n) is 12.9. The third-order valence-corrected chi connectivity index (χ3v) is 3.65. The second kappa shape index (κ2) is 7.01. The maximum absolute atomic E-state index is 12.4. The highest BCUT2D eigenvalue weighted by Gasteiger charge is 2.25. The van der Waals surface area contributed by atoms with Crippen molar-refractivity contribution in [3.8, 4) is 0 Å². The number of nitrogens with one attached hydrogen (secondary N) is 2. The fourth-order valence-electron chi connectivity index (χ4n) is 1.80. The predicted octanol–water partition coefficient (Wildman–Crippen LogP) is 2.73. The summed E-state index contributed by atoms with van der Waals surface area (Å²) in [6.07, 6.45) is 2.69. The zero-order valence-corrected chi connectivity index (χ0v) is 12.9. The predicted molar refractivity (Wildman–Crippen MR) is 81.5 cm³/mol. The van der Waals surface area contributed by atoms with Gasteiger partial charge in [-0.2, -0.15) is 0 Å². The number of nitrogens with zero attached hydrogens (tertiary/aromatic N) is 2. The molecule has 0 fully saturated rings. The number of nitro groups is 1. The van der Waals surface area contributed by atoms with Crippen LogP contribution in [0.25, 0.3) is 0 Å². The van der Waals surface area contributed by atoms with Crippen LogP contribution >= 0.6 is 0 Å². The van der Waals surface area contributed by atoms with Gasteiger partial charge in [0.25, 0.3) is 11.6 Å². The number of carbonyl (C=O) groups is 1. The van der Waals surface area contributed by atoms with E-state index in [0.717, 1.165) is 19.0 Å². The number of aromatic nitrogens is 1. The van der Waals surface area contributed by atoms with Gasteiger partial charge in [0.2, 0.25) is 0 Å². The molecule has 1 amide bonds. The lowest BCUT2D eigenvalue weighted by atomic mass is 9.95. The first-order valence-corrected chi connectivity index (χ1v) is 7.07. The van der Waals surface area contributed by atoms with Gasteiger partial charge in [-0.3, -0.25) is 14.9 Å². The maximum atomic E-state index is 12.4. The Bertz CT molecular complexity index is 527. The molecule has 0 aliphatic rings. The van der Waals surface area contributed by atoms with Crippen molar-refractivity contribution >= 4 is 17.4 Å². The Hall–Kier alpha value is -2.18. The Morgan fingerprint density at radius 1 is 1.38 bits per heavy atom. The van der Waals surface area contributed by atoms with E-state index < -0.39 is 4.92 Å². The molecule has 0 saturated carbocycles. The van der Waals surface area contributed by atoms with Gasteiger partial charge in [-0.1, -0.05) is 13.8 Å². The fraction of sp³-hybridized carbons (Fsp3) is 0.571. The lowest BCUT2D eigenvalue weighted by molar-refractivity contribution is -0.385. The number of rotatable bonds is 7. The summed E-state index contributed by atoms with van der Waals surface area (Å²) in [5, 5.41) is 16.7. The highest BCUT2D eigenvalue weighted by Crippen LogP contribution is 2.21. The molecular weight excluding hydrogens is 272 g/mol. The highest BCUT2D eigenvalue weighted by atomic mass is 16.6. The summed E-state index contributed by atoms with van der Waals surface area (Å²) in [6, 6.07) is 1.26. The van der Waals surface area contributed by atoms with Gasteiger partial charge in [-0.15, -0.1) is 0 Å². The summed E-state index contributed by atoms with van der Waals surface area (Å²) in [6.45, 7) is 8.36. The van der Waals surface area contributed by atoms with Crippen molar-refractivity contribution in [2.75, 3.05) is 11.9 Å². The number of anilines is 1. The summed E-state index contributed by atoms with van der Waals surface area (Å²) in [5.41, 5.74) is -0.346. The van der Waals surface area contributed by atoms with Crippen LogP contribution in [0.4, 0.5) is 11.5 Å². The van der Waals surface area contributed by atoms with Crippen molar-refractivity contribution in [1.82, 2.24) is 10.3 Å². The monoisotopic (exact) mass is 294 g/mol. The van der Waals surface area contributed by atoms with E-state index in [-0.39, 0.29) is 22.7 Å². The van der Waals surface area contributed by atoms with Gasteiger partial charge in [0.1, 0.15) is 12.0 Å². The van der Waals surface area contributed by atoms with Crippen LogP contribution in [0.2, 0.25) is 0 Å². The molecule has 0 aromatic carbocycles. The smallest absolute Gasteiger partial charge is 0.288 e. The molecule has 7 nitrogen and oxygen atoms in total. The first-order chi connectivity index (χ1) is 9.86. The minimum absolute atomic E-state index is 0.194. The lowest BCUT2D eigenvalue weighted by Crippen LogP contribution is -2.45. The molecule has 116 valence electrons. The van der Waals surface area contributed by atoms with Crippen molar-refractivity contribution in [2.45, 2.75) is 46.1 Å². The quantitative estimate of drug-likeness (QED) is 0.595. The molecule has 21 heavy (non-hydrogen) atoms. The molecule has 1 aromatic heterocycles. The summed E-state index contributed by atoms with van der Waals surface area (Å²) < 4.78 is 0. The molecule has 1 aromatic rings. The highest BCUT2D eigenvalue weighted by molar-refractivity contribution is 5.99. The second-order valence-electron chi connectivity index (χ2n) is 5.10. The van der Waals surface area contributed by atoms with E-state index in [4.69, 9.17) is 0 Å². The molecule has 0 spiro atoms. The van der Waals surface area contributed by atoms with Crippen LogP contribution in [0, 0.1) is 10.1 Å². The molecule has 0 aliphatic heterocycles. The molecular formula is C14H22N4O3. The van der Waals surface area contributed by atoms with Gasteiger partial charge in [0.05, 0.1) is 10.5 Å². The topological polar surface area (TPSA) is 97.2 Å². The van der Waals surface area contributed by atoms with Crippen LogP contribution in [-0.2, 0) is 0 Å². The average Bonchev–Trinajstić information content (AvgIpc) is 2.47. The normalized spacial score (nSPS) is 11.0. The van der Waals surface area contributed by atoms with E-state index in [0.29, 0.717) is 12.4 Å². The molecule has 0 radical (unpaired) electrons.